The Labute approximate surface area is 96.4 Å². The molecule has 0 saturated carbocycles. The van der Waals surface area contributed by atoms with Crippen molar-refractivity contribution in [3.8, 4) is 0 Å². The fourth-order valence-corrected chi connectivity index (χ4v) is 1.98. The topological polar surface area (TPSA) is 0 Å². The van der Waals surface area contributed by atoms with Crippen LogP contribution in [0.4, 0.5) is 0 Å². The minimum atomic E-state index is 0.728. The van der Waals surface area contributed by atoms with E-state index >= 15 is 0 Å². The lowest BCUT2D eigenvalue weighted by atomic mass is 10.1. The lowest BCUT2D eigenvalue weighted by molar-refractivity contribution is 0.946. The first-order valence-electron chi connectivity index (χ1n) is 3.73. The van der Waals surface area contributed by atoms with E-state index in [4.69, 9.17) is 23.2 Å². The summed E-state index contributed by atoms with van der Waals surface area (Å²) in [5.41, 5.74) is 1.23. The smallest absolute Gasteiger partial charge is 0.0423 e. The zero-order valence-electron chi connectivity index (χ0n) is 6.49. The first-order chi connectivity index (χ1) is 5.72. The molecular formula is C9H9Cl2I. The van der Waals surface area contributed by atoms with Crippen LogP contribution < -0.4 is 0 Å². The molecular weight excluding hydrogens is 306 g/mol. The molecule has 0 aliphatic carbocycles. The molecule has 0 aromatic heterocycles. The van der Waals surface area contributed by atoms with E-state index in [-0.39, 0.29) is 0 Å². The van der Waals surface area contributed by atoms with Crippen LogP contribution in [0.15, 0.2) is 18.2 Å². The van der Waals surface area contributed by atoms with Crippen molar-refractivity contribution in [2.75, 3.05) is 4.43 Å². The van der Waals surface area contributed by atoms with Crippen molar-refractivity contribution in [3.63, 3.8) is 0 Å². The van der Waals surface area contributed by atoms with Gasteiger partial charge < -0.3 is 0 Å². The Balaban J connectivity index is 2.72. The number of hydrogen-bond donors (Lipinski definition) is 0. The van der Waals surface area contributed by atoms with Gasteiger partial charge in [-0.15, -0.1) is 0 Å². The Hall–Kier alpha value is 0.530. The predicted octanol–water partition coefficient (Wildman–Crippen LogP) is 4.36. The molecule has 0 atom stereocenters. The first kappa shape index (κ1) is 10.6. The Bertz CT molecular complexity index is 240. The molecule has 0 heterocycles. The Morgan fingerprint density at radius 3 is 2.17 bits per heavy atom. The van der Waals surface area contributed by atoms with Crippen LogP contribution in [-0.2, 0) is 6.42 Å². The zero-order valence-corrected chi connectivity index (χ0v) is 10.2. The van der Waals surface area contributed by atoms with Crippen molar-refractivity contribution in [3.05, 3.63) is 33.8 Å². The van der Waals surface area contributed by atoms with Crippen LogP contribution in [0.3, 0.4) is 0 Å². The molecule has 1 aromatic rings. The van der Waals surface area contributed by atoms with Gasteiger partial charge in [-0.2, -0.15) is 0 Å². The second kappa shape index (κ2) is 5.30. The summed E-state index contributed by atoms with van der Waals surface area (Å²) < 4.78 is 1.17. The Morgan fingerprint density at radius 1 is 1.08 bits per heavy atom. The predicted molar refractivity (Wildman–Crippen MR) is 63.7 cm³/mol. The highest BCUT2D eigenvalue weighted by molar-refractivity contribution is 14.1. The summed E-state index contributed by atoms with van der Waals surface area (Å²) >= 11 is 14.1. The third-order valence-electron chi connectivity index (χ3n) is 1.52. The molecule has 3 heteroatoms. The summed E-state index contributed by atoms with van der Waals surface area (Å²) in [5, 5.41) is 1.46. The summed E-state index contributed by atoms with van der Waals surface area (Å²) in [4.78, 5) is 0. The van der Waals surface area contributed by atoms with Gasteiger partial charge in [0.2, 0.25) is 0 Å². The van der Waals surface area contributed by atoms with Gasteiger partial charge in [-0.25, -0.2) is 0 Å². The molecule has 0 amide bonds. The number of alkyl halides is 1. The van der Waals surface area contributed by atoms with E-state index < -0.39 is 0 Å². The van der Waals surface area contributed by atoms with Crippen molar-refractivity contribution in [1.29, 1.82) is 0 Å². The minimum Gasteiger partial charge on any atom is -0.0864 e. The third kappa shape index (κ3) is 3.50. The maximum atomic E-state index is 5.84. The van der Waals surface area contributed by atoms with E-state index in [9.17, 15) is 0 Å². The van der Waals surface area contributed by atoms with Gasteiger partial charge in [-0.3, -0.25) is 0 Å². The first-order valence-corrected chi connectivity index (χ1v) is 6.01. The molecule has 0 radical (unpaired) electrons. The highest BCUT2D eigenvalue weighted by atomic mass is 127. The SMILES string of the molecule is Clc1cc(Cl)cc(CCCI)c1. The molecule has 0 bridgehead atoms. The monoisotopic (exact) mass is 314 g/mol. The van der Waals surface area contributed by atoms with Gasteiger partial charge in [0.05, 0.1) is 0 Å². The summed E-state index contributed by atoms with van der Waals surface area (Å²) in [6.07, 6.45) is 2.24. The van der Waals surface area contributed by atoms with Gasteiger partial charge in [0.1, 0.15) is 0 Å². The highest BCUT2D eigenvalue weighted by Gasteiger charge is 1.97. The highest BCUT2D eigenvalue weighted by Crippen LogP contribution is 2.19. The molecule has 0 nitrogen and oxygen atoms in total. The van der Waals surface area contributed by atoms with E-state index in [1.807, 2.05) is 12.1 Å². The van der Waals surface area contributed by atoms with E-state index in [2.05, 4.69) is 22.6 Å². The summed E-state index contributed by atoms with van der Waals surface area (Å²) in [7, 11) is 0. The maximum Gasteiger partial charge on any atom is 0.0423 e. The van der Waals surface area contributed by atoms with Gasteiger partial charge in [0.25, 0.3) is 0 Å². The summed E-state index contributed by atoms with van der Waals surface area (Å²) in [6, 6.07) is 5.70. The van der Waals surface area contributed by atoms with Crippen LogP contribution in [0.1, 0.15) is 12.0 Å². The largest absolute Gasteiger partial charge is 0.0864 e. The lowest BCUT2D eigenvalue weighted by Gasteiger charge is -2.00. The number of aryl methyl sites for hydroxylation is 1. The van der Waals surface area contributed by atoms with Crippen molar-refractivity contribution in [2.45, 2.75) is 12.8 Å². The average molecular weight is 315 g/mol. The number of rotatable bonds is 3. The molecule has 66 valence electrons. The maximum absolute atomic E-state index is 5.84. The van der Waals surface area contributed by atoms with E-state index in [1.165, 1.54) is 16.4 Å². The van der Waals surface area contributed by atoms with Crippen molar-refractivity contribution >= 4 is 45.8 Å². The standard InChI is InChI=1S/C9H9Cl2I/c10-8-4-7(2-1-3-12)5-9(11)6-8/h4-6H,1-3H2. The molecule has 0 fully saturated rings. The molecule has 0 aliphatic rings. The van der Waals surface area contributed by atoms with Gasteiger partial charge in [0.15, 0.2) is 0 Å². The van der Waals surface area contributed by atoms with Gasteiger partial charge in [-0.1, -0.05) is 45.8 Å². The third-order valence-corrected chi connectivity index (χ3v) is 2.72. The van der Waals surface area contributed by atoms with Crippen LogP contribution >= 0.6 is 45.8 Å². The average Bonchev–Trinajstić information content (AvgIpc) is 1.99. The number of hydrogen-bond acceptors (Lipinski definition) is 0. The van der Waals surface area contributed by atoms with Crippen molar-refractivity contribution in [2.24, 2.45) is 0 Å². The molecule has 1 rings (SSSR count). The van der Waals surface area contributed by atoms with Crippen LogP contribution in [0, 0.1) is 0 Å². The van der Waals surface area contributed by atoms with Gasteiger partial charge >= 0.3 is 0 Å². The number of halogens is 3. The lowest BCUT2D eigenvalue weighted by Crippen LogP contribution is -1.85. The van der Waals surface area contributed by atoms with E-state index in [0.717, 1.165) is 16.5 Å². The molecule has 0 aliphatic heterocycles. The summed E-state index contributed by atoms with van der Waals surface area (Å²) in [5.74, 6) is 0. The Morgan fingerprint density at radius 2 is 1.67 bits per heavy atom. The Kier molecular flexibility index (Phi) is 4.69. The fourth-order valence-electron chi connectivity index (χ4n) is 1.03. The minimum absolute atomic E-state index is 0.728. The zero-order chi connectivity index (χ0) is 8.97. The van der Waals surface area contributed by atoms with Crippen LogP contribution in [-0.4, -0.2) is 4.43 Å². The molecule has 0 saturated heterocycles. The van der Waals surface area contributed by atoms with Crippen LogP contribution in [0.5, 0.6) is 0 Å². The quantitative estimate of drug-likeness (QED) is 0.574. The van der Waals surface area contributed by atoms with Crippen molar-refractivity contribution < 1.29 is 0 Å². The van der Waals surface area contributed by atoms with E-state index in [0.29, 0.717) is 0 Å². The van der Waals surface area contributed by atoms with Gasteiger partial charge in [-0.05, 0) is 41.0 Å². The molecule has 12 heavy (non-hydrogen) atoms. The van der Waals surface area contributed by atoms with Gasteiger partial charge in [0, 0.05) is 10.0 Å². The van der Waals surface area contributed by atoms with Crippen LogP contribution in [0.25, 0.3) is 0 Å². The molecule has 0 unspecified atom stereocenters. The molecule has 0 N–H and O–H groups in total. The number of benzene rings is 1. The van der Waals surface area contributed by atoms with Crippen molar-refractivity contribution in [1.82, 2.24) is 0 Å². The molecule has 1 aromatic carbocycles. The fraction of sp³-hybridized carbons (Fsp3) is 0.333. The van der Waals surface area contributed by atoms with E-state index in [1.54, 1.807) is 6.07 Å². The van der Waals surface area contributed by atoms with Crippen LogP contribution in [0.2, 0.25) is 10.0 Å². The summed E-state index contributed by atoms with van der Waals surface area (Å²) in [6.45, 7) is 0. The second-order valence-electron chi connectivity index (χ2n) is 2.57. The normalized spacial score (nSPS) is 10.2. The molecule has 0 spiro atoms. The second-order valence-corrected chi connectivity index (χ2v) is 4.52.